The van der Waals surface area contributed by atoms with Crippen molar-refractivity contribution in [1.29, 1.82) is 0 Å². The van der Waals surface area contributed by atoms with E-state index in [1.165, 1.54) is 28.1 Å². The van der Waals surface area contributed by atoms with Gasteiger partial charge in [-0.1, -0.05) is 0 Å². The molecule has 1 heterocycles. The van der Waals surface area contributed by atoms with E-state index in [4.69, 9.17) is 25.1 Å². The number of hydrogen-bond donors (Lipinski definition) is 5. The Morgan fingerprint density at radius 2 is 2.08 bits per heavy atom. The van der Waals surface area contributed by atoms with E-state index in [0.717, 1.165) is 6.08 Å². The van der Waals surface area contributed by atoms with E-state index in [1.807, 2.05) is 0 Å². The molecule has 25 heavy (non-hydrogen) atoms. The minimum Gasteiger partial charge on any atom is -0.479 e. The van der Waals surface area contributed by atoms with Crippen LogP contribution in [0.15, 0.2) is 16.8 Å². The minimum atomic E-state index is -1.33. The number of rotatable bonds is 9. The Morgan fingerprint density at radius 3 is 2.52 bits per heavy atom. The van der Waals surface area contributed by atoms with E-state index in [-0.39, 0.29) is 12.4 Å². The number of aliphatic imine (C=N–C) groups is 1. The van der Waals surface area contributed by atoms with Gasteiger partial charge < -0.3 is 40.6 Å². The van der Waals surface area contributed by atoms with Crippen LogP contribution in [0.25, 0.3) is 0 Å². The van der Waals surface area contributed by atoms with E-state index >= 15 is 0 Å². The summed E-state index contributed by atoms with van der Waals surface area (Å²) in [5.41, 5.74) is 5.61. The van der Waals surface area contributed by atoms with Gasteiger partial charge in [0.15, 0.2) is 6.29 Å². The SMILES string of the molecule is COC(CN[C@@H]1C([C@H](N=C(C)N)[C@@H](C)O)OC(C(=O)O)=C[C@@H]1O)OC. The molecule has 0 aromatic rings. The van der Waals surface area contributed by atoms with Gasteiger partial charge in [0.1, 0.15) is 12.1 Å². The van der Waals surface area contributed by atoms with Gasteiger partial charge in [0.05, 0.1) is 24.1 Å². The first-order valence-electron chi connectivity index (χ1n) is 7.78. The average molecular weight is 361 g/mol. The molecular weight excluding hydrogens is 334 g/mol. The van der Waals surface area contributed by atoms with Gasteiger partial charge in [-0.3, -0.25) is 4.99 Å². The molecule has 0 radical (unpaired) electrons. The number of nitrogens with zero attached hydrogens (tertiary/aromatic N) is 1. The molecule has 0 amide bonds. The zero-order chi connectivity index (χ0) is 19.1. The quantitative estimate of drug-likeness (QED) is 0.186. The number of aliphatic hydroxyl groups is 2. The number of aliphatic carboxylic acids is 1. The number of nitrogens with two attached hydrogens (primary N) is 1. The van der Waals surface area contributed by atoms with Gasteiger partial charge in [-0.15, -0.1) is 0 Å². The summed E-state index contributed by atoms with van der Waals surface area (Å²) in [4.78, 5) is 15.4. The molecule has 0 aromatic heterocycles. The largest absolute Gasteiger partial charge is 0.479 e. The predicted octanol–water partition coefficient (Wildman–Crippen LogP) is -1.58. The molecule has 6 N–H and O–H groups in total. The van der Waals surface area contributed by atoms with E-state index < -0.39 is 48.4 Å². The molecule has 0 saturated carbocycles. The van der Waals surface area contributed by atoms with Gasteiger partial charge in [-0.2, -0.15) is 0 Å². The molecule has 10 heteroatoms. The molecule has 144 valence electrons. The second-order valence-electron chi connectivity index (χ2n) is 5.75. The monoisotopic (exact) mass is 361 g/mol. The summed E-state index contributed by atoms with van der Waals surface area (Å²) in [6.45, 7) is 3.22. The van der Waals surface area contributed by atoms with Crippen molar-refractivity contribution in [2.45, 2.75) is 50.5 Å². The number of amidine groups is 1. The number of ether oxygens (including phenoxy) is 3. The summed E-state index contributed by atoms with van der Waals surface area (Å²) in [5.74, 6) is -1.55. The van der Waals surface area contributed by atoms with Crippen molar-refractivity contribution in [3.63, 3.8) is 0 Å². The lowest BCUT2D eigenvalue weighted by atomic mass is 9.92. The van der Waals surface area contributed by atoms with Crippen molar-refractivity contribution in [3.05, 3.63) is 11.8 Å². The van der Waals surface area contributed by atoms with Crippen LogP contribution in [0.4, 0.5) is 0 Å². The second kappa shape index (κ2) is 9.68. The lowest BCUT2D eigenvalue weighted by Crippen LogP contribution is -2.59. The topological polar surface area (TPSA) is 156 Å². The molecule has 0 aliphatic carbocycles. The fourth-order valence-electron chi connectivity index (χ4n) is 2.54. The Labute approximate surface area is 146 Å². The molecular formula is C15H27N3O7. The van der Waals surface area contributed by atoms with Gasteiger partial charge in [0.25, 0.3) is 0 Å². The minimum absolute atomic E-state index is 0.195. The van der Waals surface area contributed by atoms with Crippen molar-refractivity contribution < 1.29 is 34.3 Å². The van der Waals surface area contributed by atoms with E-state index in [9.17, 15) is 15.0 Å². The Bertz CT molecular complexity index is 501. The number of methoxy groups -OCH3 is 2. The highest BCUT2D eigenvalue weighted by Crippen LogP contribution is 2.24. The van der Waals surface area contributed by atoms with Crippen LogP contribution in [0.3, 0.4) is 0 Å². The molecule has 0 bridgehead atoms. The fourth-order valence-corrected chi connectivity index (χ4v) is 2.54. The molecule has 10 nitrogen and oxygen atoms in total. The van der Waals surface area contributed by atoms with E-state index in [2.05, 4.69) is 10.3 Å². The van der Waals surface area contributed by atoms with Crippen molar-refractivity contribution >= 4 is 11.8 Å². The van der Waals surface area contributed by atoms with Gasteiger partial charge in [-0.25, -0.2) is 4.79 Å². The van der Waals surface area contributed by atoms with Crippen LogP contribution in [-0.4, -0.2) is 84.6 Å². The average Bonchev–Trinajstić information content (AvgIpc) is 2.53. The maximum atomic E-state index is 11.2. The first kappa shape index (κ1) is 21.3. The normalized spacial score (nSPS) is 26.8. The molecule has 0 spiro atoms. The first-order chi connectivity index (χ1) is 11.7. The molecule has 1 unspecified atom stereocenters. The predicted molar refractivity (Wildman–Crippen MR) is 89.0 cm³/mol. The molecule has 1 rings (SSSR count). The van der Waals surface area contributed by atoms with Crippen LogP contribution in [-0.2, 0) is 19.0 Å². The van der Waals surface area contributed by atoms with Gasteiger partial charge >= 0.3 is 5.97 Å². The summed E-state index contributed by atoms with van der Waals surface area (Å²) in [6, 6.07) is -1.65. The van der Waals surface area contributed by atoms with Crippen molar-refractivity contribution in [3.8, 4) is 0 Å². The lowest BCUT2D eigenvalue weighted by Gasteiger charge is -2.39. The number of carbonyl (C=O) groups is 1. The van der Waals surface area contributed by atoms with Crippen molar-refractivity contribution in [1.82, 2.24) is 5.32 Å². The number of carboxylic acid groups (broad SMARTS) is 1. The summed E-state index contributed by atoms with van der Waals surface area (Å²) in [7, 11) is 2.93. The molecule has 1 aliphatic rings. The first-order valence-corrected chi connectivity index (χ1v) is 7.78. The summed E-state index contributed by atoms with van der Waals surface area (Å²) < 4.78 is 15.6. The molecule has 0 aromatic carbocycles. The van der Waals surface area contributed by atoms with Crippen LogP contribution < -0.4 is 11.1 Å². The zero-order valence-electron chi connectivity index (χ0n) is 14.7. The zero-order valence-corrected chi connectivity index (χ0v) is 14.7. The number of aliphatic hydroxyl groups excluding tert-OH is 2. The van der Waals surface area contributed by atoms with Gasteiger partial charge in [0.2, 0.25) is 5.76 Å². The smallest absolute Gasteiger partial charge is 0.370 e. The third-order valence-corrected chi connectivity index (χ3v) is 3.75. The van der Waals surface area contributed by atoms with Crippen molar-refractivity contribution in [2.75, 3.05) is 20.8 Å². The summed E-state index contributed by atoms with van der Waals surface area (Å²) in [6.07, 6.45) is -2.65. The number of nitrogens with one attached hydrogen (secondary N) is 1. The van der Waals surface area contributed by atoms with E-state index in [1.54, 1.807) is 0 Å². The van der Waals surface area contributed by atoms with Crippen LogP contribution in [0.2, 0.25) is 0 Å². The highest BCUT2D eigenvalue weighted by atomic mass is 16.7. The maximum Gasteiger partial charge on any atom is 0.370 e. The molecule has 0 fully saturated rings. The van der Waals surface area contributed by atoms with Crippen LogP contribution in [0.5, 0.6) is 0 Å². The fraction of sp³-hybridized carbons (Fsp3) is 0.733. The lowest BCUT2D eigenvalue weighted by molar-refractivity contribution is -0.141. The van der Waals surface area contributed by atoms with Crippen LogP contribution in [0.1, 0.15) is 13.8 Å². The maximum absolute atomic E-state index is 11.2. The third kappa shape index (κ3) is 5.94. The summed E-state index contributed by atoms with van der Waals surface area (Å²) >= 11 is 0. The second-order valence-corrected chi connectivity index (χ2v) is 5.75. The summed E-state index contributed by atoms with van der Waals surface area (Å²) in [5, 5.41) is 32.6. The third-order valence-electron chi connectivity index (χ3n) is 3.75. The standard InChI is InChI=1S/C15H27N3O7/c1-7(19)12(18-8(2)16)14-13(17-6-11(23-3)24-4)9(20)5-10(25-14)15(21)22/h5,7,9,11-14,17,19-20H,6H2,1-4H3,(H2,16,18)(H,21,22)/t7-,9+,12-,13+,14?/m1/s1. The number of carboxylic acids is 1. The van der Waals surface area contributed by atoms with Gasteiger partial charge in [0, 0.05) is 20.8 Å². The Morgan fingerprint density at radius 1 is 1.48 bits per heavy atom. The number of hydrogen-bond acceptors (Lipinski definition) is 8. The Kier molecular flexibility index (Phi) is 8.26. The van der Waals surface area contributed by atoms with Crippen LogP contribution in [0, 0.1) is 0 Å². The molecule has 0 saturated heterocycles. The van der Waals surface area contributed by atoms with Gasteiger partial charge in [-0.05, 0) is 19.9 Å². The highest BCUT2D eigenvalue weighted by Gasteiger charge is 2.42. The van der Waals surface area contributed by atoms with E-state index in [0.29, 0.717) is 0 Å². The van der Waals surface area contributed by atoms with Crippen molar-refractivity contribution in [2.24, 2.45) is 10.7 Å². The Hall–Kier alpha value is -1.72. The molecule has 5 atom stereocenters. The van der Waals surface area contributed by atoms with Crippen LogP contribution >= 0.6 is 0 Å². The highest BCUT2D eigenvalue weighted by molar-refractivity contribution is 5.84. The molecule has 1 aliphatic heterocycles. The Balaban J connectivity index is 3.13.